The van der Waals surface area contributed by atoms with Gasteiger partial charge in [0.15, 0.2) is 0 Å². The van der Waals surface area contributed by atoms with Crippen LogP contribution < -0.4 is 26.9 Å². The number of anilines is 1. The van der Waals surface area contributed by atoms with Gasteiger partial charge in [0.05, 0.1) is 0 Å². The first-order valence-electron chi connectivity index (χ1n) is 18.6. The minimum atomic E-state index is -1.71. The normalized spacial score (nSPS) is 34.4. The molecule has 0 radical (unpaired) electrons. The highest BCUT2D eigenvalue weighted by molar-refractivity contribution is 6.31. The average molecular weight is 757 g/mol. The molecule has 17 nitrogen and oxygen atoms in total. The van der Waals surface area contributed by atoms with E-state index in [1.165, 1.54) is 31.9 Å². The van der Waals surface area contributed by atoms with E-state index in [-0.39, 0.29) is 12.8 Å². The van der Waals surface area contributed by atoms with Gasteiger partial charge < -0.3 is 25.5 Å². The molecule has 0 saturated carbocycles. The second-order valence-electron chi connectivity index (χ2n) is 15.3. The van der Waals surface area contributed by atoms with Crippen LogP contribution in [-0.4, -0.2) is 134 Å². The number of hydrazine groups is 3. The summed E-state index contributed by atoms with van der Waals surface area (Å²) in [6.07, 6.45) is 1.31. The Hall–Kier alpha value is -4.03. The molecule has 6 aliphatic rings. The van der Waals surface area contributed by atoms with E-state index >= 15 is 0 Å². The molecule has 0 aliphatic carbocycles. The Kier molecular flexibility index (Phi) is 10.1. The van der Waals surface area contributed by atoms with Gasteiger partial charge in [-0.1, -0.05) is 31.5 Å². The van der Waals surface area contributed by atoms with Crippen molar-refractivity contribution in [1.82, 2.24) is 46.4 Å². The summed E-state index contributed by atoms with van der Waals surface area (Å²) in [7, 11) is 1.50. The van der Waals surface area contributed by atoms with Crippen LogP contribution in [0.1, 0.15) is 71.3 Å². The van der Waals surface area contributed by atoms with Gasteiger partial charge >= 0.3 is 0 Å². The first-order valence-corrected chi connectivity index (χ1v) is 19.0. The standard InChI is InChI=1S/C35H49ClN10O7/c1-18(2)27-33(52)46-25(10-7-15-39-46)32(51)45-23(8-5-14-38-45)30(49)42(4)19(3)29(48)44-24(9-6-13-37-44)31(50)43-26(28(47)41-27)17-35(53)21-12-11-20(36)16-22(21)40-34(35)43/h11-12,16,18-19,23-27,34,37-40,53H,5-10,13-15,17H2,1-4H3,(H,41,47)/t19-,23+,24-,25?,26?,27+,34+,35-/m0/s1. The molecule has 6 aliphatic heterocycles. The molecule has 18 heteroatoms. The molecular weight excluding hydrogens is 708 g/mol. The van der Waals surface area contributed by atoms with Gasteiger partial charge in [-0.2, -0.15) is 0 Å². The molecule has 53 heavy (non-hydrogen) atoms. The number of halogens is 1. The number of carbonyl (C=O) groups excluding carboxylic acids is 6. The van der Waals surface area contributed by atoms with Crippen LogP contribution in [0, 0.1) is 5.92 Å². The van der Waals surface area contributed by atoms with Crippen molar-refractivity contribution in [2.75, 3.05) is 32.0 Å². The maximum atomic E-state index is 14.9. The summed E-state index contributed by atoms with van der Waals surface area (Å²) in [6.45, 7) is 6.34. The van der Waals surface area contributed by atoms with Crippen LogP contribution in [0.4, 0.5) is 5.69 Å². The second-order valence-corrected chi connectivity index (χ2v) is 15.7. The molecule has 0 spiro atoms. The van der Waals surface area contributed by atoms with Crippen molar-refractivity contribution in [2.45, 2.75) is 114 Å². The Balaban J connectivity index is 1.32. The Bertz CT molecular complexity index is 1700. The zero-order valence-electron chi connectivity index (χ0n) is 30.4. The molecule has 5 saturated heterocycles. The maximum absolute atomic E-state index is 14.9. The molecule has 2 unspecified atom stereocenters. The zero-order valence-corrected chi connectivity index (χ0v) is 31.2. The first kappa shape index (κ1) is 37.3. The third kappa shape index (κ3) is 6.29. The zero-order chi connectivity index (χ0) is 37.9. The van der Waals surface area contributed by atoms with E-state index in [1.807, 2.05) is 0 Å². The lowest BCUT2D eigenvalue weighted by molar-refractivity contribution is -0.165. The van der Waals surface area contributed by atoms with Gasteiger partial charge in [0, 0.05) is 49.4 Å². The predicted octanol–water partition coefficient (Wildman–Crippen LogP) is -0.632. The summed E-state index contributed by atoms with van der Waals surface area (Å²) in [6, 6.07) is -1.55. The summed E-state index contributed by atoms with van der Waals surface area (Å²) in [5.41, 5.74) is 8.45. The van der Waals surface area contributed by atoms with E-state index in [4.69, 9.17) is 11.6 Å². The number of benzene rings is 1. The van der Waals surface area contributed by atoms with Crippen molar-refractivity contribution in [1.29, 1.82) is 0 Å². The molecule has 6 amide bonds. The Morgan fingerprint density at radius 2 is 1.30 bits per heavy atom. The number of nitrogens with zero attached hydrogens (tertiary/aromatic N) is 5. The molecule has 5 fully saturated rings. The minimum Gasteiger partial charge on any atom is -0.381 e. The molecule has 8 atom stereocenters. The van der Waals surface area contributed by atoms with E-state index in [2.05, 4.69) is 26.9 Å². The number of carbonyl (C=O) groups is 6. The average Bonchev–Trinajstić information content (AvgIpc) is 3.61. The number of likely N-dealkylation sites (N-methyl/N-ethyl adjacent to an activating group) is 1. The highest BCUT2D eigenvalue weighted by Crippen LogP contribution is 2.50. The third-order valence-electron chi connectivity index (χ3n) is 11.7. The van der Waals surface area contributed by atoms with Crippen molar-refractivity contribution in [3.05, 3.63) is 28.8 Å². The van der Waals surface area contributed by atoms with Crippen LogP contribution in [0.15, 0.2) is 18.2 Å². The lowest BCUT2D eigenvalue weighted by Gasteiger charge is -2.45. The summed E-state index contributed by atoms with van der Waals surface area (Å²) < 4.78 is 0. The van der Waals surface area contributed by atoms with Gasteiger partial charge in [-0.3, -0.25) is 43.8 Å². The number of nitrogens with one attached hydrogen (secondary N) is 5. The van der Waals surface area contributed by atoms with Crippen molar-refractivity contribution < 1.29 is 33.9 Å². The summed E-state index contributed by atoms with van der Waals surface area (Å²) in [5, 5.41) is 22.6. The van der Waals surface area contributed by atoms with Gasteiger partial charge in [-0.25, -0.2) is 16.3 Å². The Labute approximate surface area is 313 Å². The molecule has 6 heterocycles. The summed E-state index contributed by atoms with van der Waals surface area (Å²) >= 11 is 6.29. The molecule has 7 rings (SSSR count). The molecule has 6 N–H and O–H groups in total. The molecular formula is C35H49ClN10O7. The van der Waals surface area contributed by atoms with Crippen LogP contribution >= 0.6 is 11.6 Å². The fourth-order valence-electron chi connectivity index (χ4n) is 8.66. The van der Waals surface area contributed by atoms with Gasteiger partial charge in [-0.05, 0) is 63.5 Å². The van der Waals surface area contributed by atoms with E-state index < -0.39 is 89.4 Å². The number of fused-ring (bicyclic) bond motifs is 8. The summed E-state index contributed by atoms with van der Waals surface area (Å²) in [4.78, 5) is 89.3. The predicted molar refractivity (Wildman–Crippen MR) is 191 cm³/mol. The van der Waals surface area contributed by atoms with Crippen LogP contribution in [-0.2, 0) is 34.4 Å². The minimum absolute atomic E-state index is 0.206. The molecule has 1 aromatic carbocycles. The van der Waals surface area contributed by atoms with E-state index in [0.29, 0.717) is 68.0 Å². The maximum Gasteiger partial charge on any atom is 0.261 e. The number of aliphatic hydroxyl groups is 1. The van der Waals surface area contributed by atoms with E-state index in [0.717, 1.165) is 0 Å². The van der Waals surface area contributed by atoms with E-state index in [9.17, 15) is 33.9 Å². The third-order valence-corrected chi connectivity index (χ3v) is 11.9. The highest BCUT2D eigenvalue weighted by Gasteiger charge is 2.62. The van der Waals surface area contributed by atoms with E-state index in [1.54, 1.807) is 39.0 Å². The monoisotopic (exact) mass is 756 g/mol. The van der Waals surface area contributed by atoms with Gasteiger partial charge in [-0.15, -0.1) is 0 Å². The lowest BCUT2D eigenvalue weighted by atomic mass is 9.91. The van der Waals surface area contributed by atoms with Crippen LogP contribution in [0.2, 0.25) is 5.02 Å². The Morgan fingerprint density at radius 1 is 0.755 bits per heavy atom. The molecule has 0 aromatic heterocycles. The quantitative estimate of drug-likeness (QED) is 0.213. The number of hydrogen-bond acceptors (Lipinski definition) is 11. The number of hydrogen-bond donors (Lipinski definition) is 6. The van der Waals surface area contributed by atoms with Gasteiger partial charge in [0.2, 0.25) is 17.7 Å². The fourth-order valence-corrected chi connectivity index (χ4v) is 8.83. The van der Waals surface area contributed by atoms with Crippen molar-refractivity contribution >= 4 is 52.7 Å². The van der Waals surface area contributed by atoms with Crippen LogP contribution in [0.3, 0.4) is 0 Å². The molecule has 0 bridgehead atoms. The molecule has 288 valence electrons. The number of rotatable bonds is 1. The Morgan fingerprint density at radius 3 is 1.91 bits per heavy atom. The number of amides is 6. The van der Waals surface area contributed by atoms with Gasteiger partial charge in [0.1, 0.15) is 48.0 Å². The summed E-state index contributed by atoms with van der Waals surface area (Å²) in [5.74, 6) is -3.71. The van der Waals surface area contributed by atoms with Crippen molar-refractivity contribution in [3.8, 4) is 0 Å². The second kappa shape index (κ2) is 14.3. The van der Waals surface area contributed by atoms with Crippen LogP contribution in [0.25, 0.3) is 0 Å². The lowest BCUT2D eigenvalue weighted by Crippen LogP contribution is -2.69. The highest BCUT2D eigenvalue weighted by atomic mass is 35.5. The first-order chi connectivity index (χ1) is 25.2. The largest absolute Gasteiger partial charge is 0.381 e. The van der Waals surface area contributed by atoms with Crippen LogP contribution in [0.5, 0.6) is 0 Å². The van der Waals surface area contributed by atoms with Crippen molar-refractivity contribution in [2.24, 2.45) is 5.92 Å². The smallest absolute Gasteiger partial charge is 0.261 e. The SMILES string of the molecule is CC(C)[C@H]1NC(=O)C2C[C@]3(O)c4ccc(Cl)cc4N[C@@H]3N2C(=O)[C@@H]2CCCNN2C(=O)[C@H](C)N(C)C(=O)[C@H]2CCCNN2C(=O)C2CCCNN2C1=O. The van der Waals surface area contributed by atoms with Crippen molar-refractivity contribution in [3.63, 3.8) is 0 Å². The fraction of sp³-hybridized carbons (Fsp3) is 0.657. The molecule has 1 aromatic rings. The van der Waals surface area contributed by atoms with Gasteiger partial charge in [0.25, 0.3) is 17.7 Å². The topological polar surface area (TPSA) is 199 Å².